The fourth-order valence-electron chi connectivity index (χ4n) is 6.04. The highest BCUT2D eigenvalue weighted by Crippen LogP contribution is 2.49. The van der Waals surface area contributed by atoms with Gasteiger partial charge in [0.2, 0.25) is 0 Å². The number of nitrogens with zero attached hydrogens (tertiary/aromatic N) is 1. The van der Waals surface area contributed by atoms with E-state index in [0.717, 1.165) is 42.2 Å². The number of carbonyl (C=O) groups excluding carboxylic acids is 1. The number of ether oxygens (including phenoxy) is 1. The number of hydrogen-bond acceptors (Lipinski definition) is 5. The van der Waals surface area contributed by atoms with Gasteiger partial charge in [0.1, 0.15) is 11.3 Å². The highest BCUT2D eigenvalue weighted by Gasteiger charge is 2.50. The molecule has 0 radical (unpaired) electrons. The molecule has 0 bridgehead atoms. The van der Waals surface area contributed by atoms with Gasteiger partial charge in [-0.15, -0.1) is 0 Å². The van der Waals surface area contributed by atoms with Crippen molar-refractivity contribution in [2.24, 2.45) is 5.92 Å². The largest absolute Gasteiger partial charge is 0.483 e. The van der Waals surface area contributed by atoms with E-state index in [1.54, 1.807) is 6.92 Å². The van der Waals surface area contributed by atoms with Crippen molar-refractivity contribution in [3.63, 3.8) is 0 Å². The molecule has 1 amide bonds. The molecule has 6 nitrogen and oxygen atoms in total. The average molecular weight is 510 g/mol. The number of piperidine rings is 1. The molecule has 2 unspecified atom stereocenters. The van der Waals surface area contributed by atoms with Crippen LogP contribution in [0.25, 0.3) is 11.0 Å². The summed E-state index contributed by atoms with van der Waals surface area (Å²) in [5, 5.41) is 13.0. The third kappa shape index (κ3) is 4.31. The maximum absolute atomic E-state index is 13.5. The zero-order valence-electron chi connectivity index (χ0n) is 21.0. The van der Waals surface area contributed by atoms with Gasteiger partial charge in [-0.1, -0.05) is 36.6 Å². The number of aryl methyl sites for hydroxylation is 2. The van der Waals surface area contributed by atoms with Crippen LogP contribution in [0.15, 0.2) is 45.6 Å². The van der Waals surface area contributed by atoms with Gasteiger partial charge in [-0.25, -0.2) is 4.79 Å². The summed E-state index contributed by atoms with van der Waals surface area (Å²) in [6.07, 6.45) is 4.24. The summed E-state index contributed by atoms with van der Waals surface area (Å²) in [6.45, 7) is 5.81. The monoisotopic (exact) mass is 509 g/mol. The van der Waals surface area contributed by atoms with Crippen LogP contribution in [0.5, 0.6) is 5.75 Å². The van der Waals surface area contributed by atoms with Gasteiger partial charge in [-0.3, -0.25) is 4.79 Å². The molecule has 2 heterocycles. The minimum absolute atomic E-state index is 0.0342. The first-order valence-corrected chi connectivity index (χ1v) is 13.0. The number of benzene rings is 2. The van der Waals surface area contributed by atoms with E-state index < -0.39 is 5.60 Å². The van der Waals surface area contributed by atoms with Gasteiger partial charge in [0.05, 0.1) is 11.6 Å². The zero-order chi connectivity index (χ0) is 25.6. The van der Waals surface area contributed by atoms with Crippen molar-refractivity contribution in [2.75, 3.05) is 13.2 Å². The second kappa shape index (κ2) is 9.56. The van der Waals surface area contributed by atoms with Crippen LogP contribution >= 0.6 is 11.6 Å². The molecule has 2 aliphatic rings. The summed E-state index contributed by atoms with van der Waals surface area (Å²) in [6, 6.07) is 11.0. The van der Waals surface area contributed by atoms with Crippen molar-refractivity contribution >= 4 is 28.5 Å². The topological polar surface area (TPSA) is 80.0 Å². The maximum atomic E-state index is 13.5. The number of amides is 1. The Balaban J connectivity index is 1.42. The van der Waals surface area contributed by atoms with Crippen molar-refractivity contribution in [3.05, 3.63) is 74.1 Å². The Bertz CT molecular complexity index is 1360. The highest BCUT2D eigenvalue weighted by molar-refractivity contribution is 6.30. The first-order valence-electron chi connectivity index (χ1n) is 12.6. The molecular weight excluding hydrogens is 478 g/mol. The smallest absolute Gasteiger partial charge is 0.339 e. The summed E-state index contributed by atoms with van der Waals surface area (Å²) >= 11 is 6.14. The van der Waals surface area contributed by atoms with Crippen molar-refractivity contribution in [1.82, 2.24) is 4.90 Å². The zero-order valence-corrected chi connectivity index (χ0v) is 21.7. The summed E-state index contributed by atoms with van der Waals surface area (Å²) in [5.74, 6) is 0.341. The molecule has 1 saturated heterocycles. The number of hydrogen-bond donors (Lipinski definition) is 1. The van der Waals surface area contributed by atoms with Crippen LogP contribution in [0, 0.1) is 26.7 Å². The predicted molar refractivity (Wildman–Crippen MR) is 140 cm³/mol. The van der Waals surface area contributed by atoms with Gasteiger partial charge in [-0.2, -0.15) is 0 Å². The Labute approximate surface area is 215 Å². The van der Waals surface area contributed by atoms with Crippen molar-refractivity contribution in [2.45, 2.75) is 64.5 Å². The Morgan fingerprint density at radius 1 is 1.08 bits per heavy atom. The molecule has 1 saturated carbocycles. The van der Waals surface area contributed by atoms with Gasteiger partial charge in [0.25, 0.3) is 5.91 Å². The van der Waals surface area contributed by atoms with E-state index in [9.17, 15) is 14.7 Å². The quantitative estimate of drug-likeness (QED) is 0.460. The van der Waals surface area contributed by atoms with Crippen molar-refractivity contribution in [3.8, 4) is 5.75 Å². The standard InChI is InChI=1S/C29H32ClNO5/c1-17-18(2)28(33)36-27-19(3)24(12-11-22(17)27)35-16-25(32)31-15-14-29(34)13-5-4-6-23(29)26(31)20-7-9-21(30)10-8-20/h7-12,23,26,34H,4-6,13-16H2,1-3H3/t23?,26-,29?/m0/s1. The lowest BCUT2D eigenvalue weighted by Gasteiger charge is -2.52. The molecule has 3 aromatic rings. The Morgan fingerprint density at radius 3 is 2.58 bits per heavy atom. The molecule has 1 N–H and O–H groups in total. The molecule has 5 rings (SSSR count). The van der Waals surface area contributed by atoms with Gasteiger partial charge in [0.15, 0.2) is 6.61 Å². The SMILES string of the molecule is Cc1c(C)c2ccc(OCC(=O)N3CCC4(O)CCCCC4[C@@H]3c3ccc(Cl)cc3)c(C)c2oc1=O. The Morgan fingerprint density at radius 2 is 1.83 bits per heavy atom. The van der Waals surface area contributed by atoms with E-state index in [2.05, 4.69) is 0 Å². The van der Waals surface area contributed by atoms with Crippen LogP contribution in [-0.4, -0.2) is 34.7 Å². The second-order valence-corrected chi connectivity index (χ2v) is 10.7. The lowest BCUT2D eigenvalue weighted by Crippen LogP contribution is -2.56. The molecule has 7 heteroatoms. The van der Waals surface area contributed by atoms with Crippen LogP contribution in [-0.2, 0) is 4.79 Å². The molecule has 36 heavy (non-hydrogen) atoms. The second-order valence-electron chi connectivity index (χ2n) is 10.3. The number of fused-ring (bicyclic) bond motifs is 2. The third-order valence-corrected chi connectivity index (χ3v) is 8.53. The van der Waals surface area contributed by atoms with Gasteiger partial charge >= 0.3 is 5.63 Å². The van der Waals surface area contributed by atoms with Gasteiger partial charge in [0, 0.05) is 34.0 Å². The van der Waals surface area contributed by atoms with Crippen LogP contribution < -0.4 is 10.4 Å². The van der Waals surface area contributed by atoms with E-state index in [1.807, 2.05) is 55.1 Å². The fraction of sp³-hybridized carbons (Fsp3) is 0.448. The number of rotatable bonds is 4. The first kappa shape index (κ1) is 24.8. The predicted octanol–water partition coefficient (Wildman–Crippen LogP) is 5.65. The van der Waals surface area contributed by atoms with Crippen LogP contribution in [0.3, 0.4) is 0 Å². The molecule has 0 spiro atoms. The minimum Gasteiger partial charge on any atom is -0.483 e. The lowest BCUT2D eigenvalue weighted by molar-refractivity contribution is -0.157. The Kier molecular flexibility index (Phi) is 6.60. The number of likely N-dealkylation sites (tertiary alicyclic amines) is 1. The summed E-state index contributed by atoms with van der Waals surface area (Å²) in [4.78, 5) is 27.6. The van der Waals surface area contributed by atoms with Crippen LogP contribution in [0.4, 0.5) is 0 Å². The van der Waals surface area contributed by atoms with Gasteiger partial charge in [-0.05, 0) is 75.4 Å². The number of carbonyl (C=O) groups is 1. The molecule has 190 valence electrons. The summed E-state index contributed by atoms with van der Waals surface area (Å²) in [5.41, 5.74) is 2.50. The molecule has 1 aliphatic heterocycles. The van der Waals surface area contributed by atoms with E-state index in [1.165, 1.54) is 0 Å². The van der Waals surface area contributed by atoms with Crippen molar-refractivity contribution in [1.29, 1.82) is 0 Å². The van der Waals surface area contributed by atoms with E-state index in [4.69, 9.17) is 20.8 Å². The lowest BCUT2D eigenvalue weighted by atomic mass is 9.66. The van der Waals surface area contributed by atoms with Crippen molar-refractivity contribution < 1.29 is 19.1 Å². The van der Waals surface area contributed by atoms with Gasteiger partial charge < -0.3 is 19.2 Å². The third-order valence-electron chi connectivity index (χ3n) is 8.27. The fourth-order valence-corrected chi connectivity index (χ4v) is 6.16. The molecular formula is C29H32ClNO5. The molecule has 2 aromatic carbocycles. The minimum atomic E-state index is -0.761. The summed E-state index contributed by atoms with van der Waals surface area (Å²) < 4.78 is 11.6. The molecule has 1 aliphatic carbocycles. The average Bonchev–Trinajstić information content (AvgIpc) is 2.87. The highest BCUT2D eigenvalue weighted by atomic mass is 35.5. The normalized spacial score (nSPS) is 24.0. The molecule has 3 atom stereocenters. The Hall–Kier alpha value is -2.83. The van der Waals surface area contributed by atoms with Crippen LogP contribution in [0.1, 0.15) is 60.4 Å². The summed E-state index contributed by atoms with van der Waals surface area (Å²) in [7, 11) is 0. The van der Waals surface area contributed by atoms with E-state index in [0.29, 0.717) is 40.4 Å². The molecule has 1 aromatic heterocycles. The number of halogens is 1. The molecule has 2 fully saturated rings. The van der Waals surface area contributed by atoms with E-state index >= 15 is 0 Å². The first-order chi connectivity index (χ1) is 17.2. The maximum Gasteiger partial charge on any atom is 0.339 e. The number of aliphatic hydroxyl groups is 1. The van der Waals surface area contributed by atoms with E-state index in [-0.39, 0.29) is 30.1 Å². The van der Waals surface area contributed by atoms with Crippen LogP contribution in [0.2, 0.25) is 5.02 Å².